The molecular formula is C11H14O4. The van der Waals surface area contributed by atoms with Crippen LogP contribution in [0.4, 0.5) is 0 Å². The summed E-state index contributed by atoms with van der Waals surface area (Å²) in [4.78, 5) is 23.1. The molecule has 4 rings (SSSR count). The second-order valence-corrected chi connectivity index (χ2v) is 4.82. The average Bonchev–Trinajstić information content (AvgIpc) is 2.68. The molecule has 0 N–H and O–H groups in total. The van der Waals surface area contributed by atoms with Crippen molar-refractivity contribution in [2.75, 3.05) is 14.2 Å². The highest BCUT2D eigenvalue weighted by molar-refractivity contribution is 5.81. The Labute approximate surface area is 87.9 Å². The van der Waals surface area contributed by atoms with Gasteiger partial charge in [0, 0.05) is 0 Å². The zero-order chi connectivity index (χ0) is 10.7. The van der Waals surface area contributed by atoms with Crippen molar-refractivity contribution in [2.24, 2.45) is 35.5 Å². The van der Waals surface area contributed by atoms with Gasteiger partial charge in [-0.1, -0.05) is 0 Å². The number of hydrogen-bond acceptors (Lipinski definition) is 4. The molecule has 4 aliphatic rings. The van der Waals surface area contributed by atoms with Crippen LogP contribution >= 0.6 is 0 Å². The van der Waals surface area contributed by atoms with Crippen LogP contribution in [0.25, 0.3) is 0 Å². The number of hydrogen-bond donors (Lipinski definition) is 0. The third kappa shape index (κ3) is 0.924. The lowest BCUT2D eigenvalue weighted by Gasteiger charge is -2.16. The van der Waals surface area contributed by atoms with E-state index in [0.29, 0.717) is 17.8 Å². The fraction of sp³-hybridized carbons (Fsp3) is 0.818. The highest BCUT2D eigenvalue weighted by Gasteiger charge is 2.77. The first-order valence-corrected chi connectivity index (χ1v) is 5.36. The van der Waals surface area contributed by atoms with Gasteiger partial charge in [0.15, 0.2) is 0 Å². The van der Waals surface area contributed by atoms with E-state index in [1.165, 1.54) is 14.2 Å². The normalized spacial score (nSPS) is 48.9. The first-order valence-electron chi connectivity index (χ1n) is 5.36. The molecule has 4 bridgehead atoms. The van der Waals surface area contributed by atoms with Crippen LogP contribution in [-0.2, 0) is 19.1 Å². The third-order valence-electron chi connectivity index (χ3n) is 4.54. The number of carbonyl (C=O) groups is 2. The van der Waals surface area contributed by atoms with Crippen LogP contribution in [0.2, 0.25) is 0 Å². The fourth-order valence-corrected chi connectivity index (χ4v) is 4.09. The van der Waals surface area contributed by atoms with Gasteiger partial charge in [0.25, 0.3) is 0 Å². The van der Waals surface area contributed by atoms with Gasteiger partial charge in [0.2, 0.25) is 0 Å². The first kappa shape index (κ1) is 9.19. The molecule has 0 heterocycles. The largest absolute Gasteiger partial charge is 0.469 e. The summed E-state index contributed by atoms with van der Waals surface area (Å²) in [6, 6.07) is 0. The third-order valence-corrected chi connectivity index (χ3v) is 4.54. The molecule has 0 spiro atoms. The minimum atomic E-state index is -0.138. The maximum absolute atomic E-state index is 11.6. The van der Waals surface area contributed by atoms with Crippen LogP contribution in [0.1, 0.15) is 6.42 Å². The second kappa shape index (κ2) is 2.74. The Hall–Kier alpha value is -1.06. The van der Waals surface area contributed by atoms with Crippen molar-refractivity contribution in [1.82, 2.24) is 0 Å². The topological polar surface area (TPSA) is 52.6 Å². The van der Waals surface area contributed by atoms with Crippen molar-refractivity contribution in [3.63, 3.8) is 0 Å². The molecule has 0 radical (unpaired) electrons. The van der Waals surface area contributed by atoms with E-state index in [9.17, 15) is 9.59 Å². The van der Waals surface area contributed by atoms with Gasteiger partial charge in [-0.3, -0.25) is 9.59 Å². The van der Waals surface area contributed by atoms with Gasteiger partial charge in [-0.05, 0) is 30.1 Å². The molecule has 4 aliphatic carbocycles. The van der Waals surface area contributed by atoms with Gasteiger partial charge in [-0.15, -0.1) is 0 Å². The Morgan fingerprint density at radius 3 is 1.73 bits per heavy atom. The lowest BCUT2D eigenvalue weighted by molar-refractivity contribution is -0.149. The second-order valence-electron chi connectivity index (χ2n) is 4.82. The Balaban J connectivity index is 1.84. The molecule has 0 amide bonds. The summed E-state index contributed by atoms with van der Waals surface area (Å²) in [5, 5.41) is 0. The molecule has 2 unspecified atom stereocenters. The van der Waals surface area contributed by atoms with E-state index in [0.717, 1.165) is 6.42 Å². The number of esters is 2. The van der Waals surface area contributed by atoms with Crippen LogP contribution in [0.15, 0.2) is 0 Å². The molecular weight excluding hydrogens is 196 g/mol. The van der Waals surface area contributed by atoms with E-state index in [-0.39, 0.29) is 29.7 Å². The quantitative estimate of drug-likeness (QED) is 0.621. The van der Waals surface area contributed by atoms with Crippen molar-refractivity contribution in [3.05, 3.63) is 0 Å². The van der Waals surface area contributed by atoms with Crippen molar-refractivity contribution >= 4 is 11.9 Å². The lowest BCUT2D eigenvalue weighted by atomic mass is 9.91. The Morgan fingerprint density at radius 1 is 0.933 bits per heavy atom. The van der Waals surface area contributed by atoms with Crippen molar-refractivity contribution in [1.29, 1.82) is 0 Å². The highest BCUT2D eigenvalue weighted by Crippen LogP contribution is 2.76. The Kier molecular flexibility index (Phi) is 1.68. The minimum Gasteiger partial charge on any atom is -0.469 e. The summed E-state index contributed by atoms with van der Waals surface area (Å²) in [7, 11) is 2.84. The summed E-state index contributed by atoms with van der Waals surface area (Å²) < 4.78 is 9.60. The van der Waals surface area contributed by atoms with E-state index in [1.807, 2.05) is 0 Å². The van der Waals surface area contributed by atoms with Crippen LogP contribution in [0.5, 0.6) is 0 Å². The molecule has 0 saturated heterocycles. The lowest BCUT2D eigenvalue weighted by Crippen LogP contribution is -2.26. The Bertz CT molecular complexity index is 307. The van der Waals surface area contributed by atoms with Crippen molar-refractivity contribution < 1.29 is 19.1 Å². The SMILES string of the molecule is COC(=O)[C@@H]1C2CC3[C@@H]1[C@H]3[C@H]2C(=O)OC. The van der Waals surface area contributed by atoms with Gasteiger partial charge >= 0.3 is 11.9 Å². The maximum atomic E-state index is 11.6. The summed E-state index contributed by atoms with van der Waals surface area (Å²) in [5.41, 5.74) is 0. The molecule has 4 heteroatoms. The minimum absolute atomic E-state index is 0.0332. The maximum Gasteiger partial charge on any atom is 0.309 e. The van der Waals surface area contributed by atoms with Crippen LogP contribution in [0.3, 0.4) is 0 Å². The van der Waals surface area contributed by atoms with E-state index in [2.05, 4.69) is 0 Å². The molecule has 0 aromatic rings. The van der Waals surface area contributed by atoms with E-state index < -0.39 is 0 Å². The predicted molar refractivity (Wildman–Crippen MR) is 49.6 cm³/mol. The fourth-order valence-electron chi connectivity index (χ4n) is 4.09. The predicted octanol–water partition coefficient (Wildman–Crippen LogP) is 0.460. The number of carbonyl (C=O) groups excluding carboxylic acids is 2. The summed E-state index contributed by atoms with van der Waals surface area (Å²) in [6.07, 6.45) is 1.01. The van der Waals surface area contributed by atoms with Gasteiger partial charge < -0.3 is 9.47 Å². The molecule has 4 nitrogen and oxygen atoms in total. The molecule has 0 aliphatic heterocycles. The summed E-state index contributed by atoms with van der Waals surface area (Å²) in [5.74, 6) is 1.25. The van der Waals surface area contributed by atoms with Crippen molar-refractivity contribution in [3.8, 4) is 0 Å². The zero-order valence-electron chi connectivity index (χ0n) is 8.80. The summed E-state index contributed by atoms with van der Waals surface area (Å²) >= 11 is 0. The van der Waals surface area contributed by atoms with Crippen molar-refractivity contribution in [2.45, 2.75) is 6.42 Å². The molecule has 4 fully saturated rings. The van der Waals surface area contributed by atoms with Gasteiger partial charge in [-0.2, -0.15) is 0 Å². The van der Waals surface area contributed by atoms with E-state index >= 15 is 0 Å². The van der Waals surface area contributed by atoms with Gasteiger partial charge in [0.05, 0.1) is 26.1 Å². The van der Waals surface area contributed by atoms with Gasteiger partial charge in [-0.25, -0.2) is 0 Å². The molecule has 4 saturated carbocycles. The zero-order valence-corrected chi connectivity index (χ0v) is 8.80. The Morgan fingerprint density at radius 2 is 1.40 bits per heavy atom. The smallest absolute Gasteiger partial charge is 0.309 e. The average molecular weight is 210 g/mol. The standard InChI is InChI=1S/C11H14O4/c1-14-10(12)8-5-3-4-6(8)7(4)9(5)11(13)15-2/h4-9H,3H2,1-2H3/t4?,5?,6-,7+,8-,9+. The molecule has 6 atom stereocenters. The molecule has 0 aromatic heterocycles. The van der Waals surface area contributed by atoms with Crippen LogP contribution < -0.4 is 0 Å². The number of methoxy groups -OCH3 is 2. The molecule has 0 aromatic carbocycles. The monoisotopic (exact) mass is 210 g/mol. The van der Waals surface area contributed by atoms with Crippen LogP contribution in [-0.4, -0.2) is 26.2 Å². The van der Waals surface area contributed by atoms with E-state index in [4.69, 9.17) is 9.47 Å². The first-order chi connectivity index (χ1) is 7.20. The number of rotatable bonds is 2. The van der Waals surface area contributed by atoms with E-state index in [1.54, 1.807) is 0 Å². The molecule has 82 valence electrons. The van der Waals surface area contributed by atoms with Crippen LogP contribution in [0, 0.1) is 35.5 Å². The molecule has 15 heavy (non-hydrogen) atoms. The highest BCUT2D eigenvalue weighted by atomic mass is 16.5. The summed E-state index contributed by atoms with van der Waals surface area (Å²) in [6.45, 7) is 0. The number of ether oxygens (including phenoxy) is 2. The van der Waals surface area contributed by atoms with Gasteiger partial charge in [0.1, 0.15) is 0 Å².